The molecule has 0 atom stereocenters. The van der Waals surface area contributed by atoms with E-state index in [0.717, 1.165) is 5.57 Å². The van der Waals surface area contributed by atoms with Crippen molar-refractivity contribution in [2.45, 2.75) is 32.8 Å². The Morgan fingerprint density at radius 3 is 2.77 bits per heavy atom. The molecule has 1 aliphatic rings. The van der Waals surface area contributed by atoms with Gasteiger partial charge in [-0.1, -0.05) is 6.08 Å². The van der Waals surface area contributed by atoms with Crippen LogP contribution in [0.3, 0.4) is 0 Å². The van der Waals surface area contributed by atoms with Crippen LogP contribution in [0.4, 0.5) is 10.6 Å². The number of nitrogens with zero attached hydrogens (tertiary/aromatic N) is 3. The number of hydrogen-bond acceptors (Lipinski definition) is 5. The van der Waals surface area contributed by atoms with E-state index < -0.39 is 10.5 Å². The average molecular weight is 305 g/mol. The van der Waals surface area contributed by atoms with E-state index in [9.17, 15) is 14.9 Å². The van der Waals surface area contributed by atoms with Gasteiger partial charge in [-0.05, 0) is 49.2 Å². The molecule has 1 aliphatic heterocycles. The highest BCUT2D eigenvalue weighted by Crippen LogP contribution is 2.22. The van der Waals surface area contributed by atoms with Crippen LogP contribution in [0.25, 0.3) is 5.57 Å². The lowest BCUT2D eigenvalue weighted by molar-refractivity contribution is -0.389. The maximum Gasteiger partial charge on any atom is 0.410 e. The van der Waals surface area contributed by atoms with E-state index in [1.807, 2.05) is 26.8 Å². The molecule has 0 aromatic carbocycles. The van der Waals surface area contributed by atoms with Gasteiger partial charge in [-0.25, -0.2) is 4.79 Å². The van der Waals surface area contributed by atoms with Crippen molar-refractivity contribution >= 4 is 17.5 Å². The molecule has 1 aromatic heterocycles. The van der Waals surface area contributed by atoms with Gasteiger partial charge in [0.15, 0.2) is 5.69 Å². The van der Waals surface area contributed by atoms with Crippen LogP contribution in [0.1, 0.15) is 32.9 Å². The number of hydrogen-bond donors (Lipinski definition) is 0. The van der Waals surface area contributed by atoms with Crippen molar-refractivity contribution in [3.8, 4) is 0 Å². The molecule has 118 valence electrons. The lowest BCUT2D eigenvalue weighted by atomic mass is 10.1. The van der Waals surface area contributed by atoms with Gasteiger partial charge in [0, 0.05) is 18.2 Å². The summed E-state index contributed by atoms with van der Waals surface area (Å²) in [5, 5.41) is 10.8. The smallest absolute Gasteiger partial charge is 0.410 e. The molecule has 22 heavy (non-hydrogen) atoms. The minimum absolute atomic E-state index is 0.201. The van der Waals surface area contributed by atoms with Crippen molar-refractivity contribution in [2.75, 3.05) is 13.1 Å². The second-order valence-electron chi connectivity index (χ2n) is 6.06. The standard InChI is InChI=1S/C15H19N3O4/c1-15(2,3)22-14(19)17-9-5-6-11(10-17)12-7-4-8-13(16-12)18(20)21/h4,6-8H,5,9-10H2,1-3H3. The summed E-state index contributed by atoms with van der Waals surface area (Å²) in [4.78, 5) is 28.0. The monoisotopic (exact) mass is 305 g/mol. The molecule has 1 aromatic rings. The molecule has 2 rings (SSSR count). The molecule has 0 saturated carbocycles. The number of ether oxygens (including phenoxy) is 1. The second kappa shape index (κ2) is 6.13. The lowest BCUT2D eigenvalue weighted by Crippen LogP contribution is -2.39. The third kappa shape index (κ3) is 4.03. The number of carbonyl (C=O) groups excluding carboxylic acids is 1. The number of pyridine rings is 1. The van der Waals surface area contributed by atoms with Crippen molar-refractivity contribution in [1.82, 2.24) is 9.88 Å². The van der Waals surface area contributed by atoms with Gasteiger partial charge in [0.1, 0.15) is 5.60 Å². The molecule has 0 N–H and O–H groups in total. The number of carbonyl (C=O) groups is 1. The van der Waals surface area contributed by atoms with Crippen LogP contribution >= 0.6 is 0 Å². The molecule has 7 nitrogen and oxygen atoms in total. The highest BCUT2D eigenvalue weighted by Gasteiger charge is 2.26. The predicted octanol–water partition coefficient (Wildman–Crippen LogP) is 3.01. The fourth-order valence-corrected chi connectivity index (χ4v) is 2.12. The molecule has 0 spiro atoms. The first-order valence-electron chi connectivity index (χ1n) is 7.05. The Hall–Kier alpha value is -2.44. The summed E-state index contributed by atoms with van der Waals surface area (Å²) < 4.78 is 5.35. The first kappa shape index (κ1) is 15.9. The van der Waals surface area contributed by atoms with E-state index in [2.05, 4.69) is 4.98 Å². The lowest BCUT2D eigenvalue weighted by Gasteiger charge is -2.29. The van der Waals surface area contributed by atoms with Crippen molar-refractivity contribution in [2.24, 2.45) is 0 Å². The van der Waals surface area contributed by atoms with Crippen LogP contribution in [0.5, 0.6) is 0 Å². The largest absolute Gasteiger partial charge is 0.444 e. The molecular weight excluding hydrogens is 286 g/mol. The number of amides is 1. The molecule has 0 fully saturated rings. The summed E-state index contributed by atoms with van der Waals surface area (Å²) >= 11 is 0. The average Bonchev–Trinajstić information content (AvgIpc) is 2.46. The highest BCUT2D eigenvalue weighted by atomic mass is 16.6. The molecule has 1 amide bonds. The fraction of sp³-hybridized carbons (Fsp3) is 0.467. The summed E-state index contributed by atoms with van der Waals surface area (Å²) in [5.41, 5.74) is 0.755. The van der Waals surface area contributed by atoms with Gasteiger partial charge in [-0.2, -0.15) is 0 Å². The van der Waals surface area contributed by atoms with Gasteiger partial charge in [-0.15, -0.1) is 0 Å². The Bertz CT molecular complexity index is 619. The first-order chi connectivity index (χ1) is 10.3. The minimum atomic E-state index is -0.553. The molecule has 0 saturated heterocycles. The zero-order valence-corrected chi connectivity index (χ0v) is 12.9. The van der Waals surface area contributed by atoms with Gasteiger partial charge < -0.3 is 19.8 Å². The highest BCUT2D eigenvalue weighted by molar-refractivity contribution is 5.74. The SMILES string of the molecule is CC(C)(C)OC(=O)N1CCC=C(c2cccc([N+](=O)[O-])n2)C1. The summed E-state index contributed by atoms with van der Waals surface area (Å²) in [5.74, 6) is -0.201. The van der Waals surface area contributed by atoms with Gasteiger partial charge in [-0.3, -0.25) is 0 Å². The number of aromatic nitrogens is 1. The van der Waals surface area contributed by atoms with E-state index >= 15 is 0 Å². The van der Waals surface area contributed by atoms with Gasteiger partial charge in [0.05, 0.1) is 6.54 Å². The Morgan fingerprint density at radius 1 is 1.41 bits per heavy atom. The maximum absolute atomic E-state index is 12.1. The summed E-state index contributed by atoms with van der Waals surface area (Å²) in [6, 6.07) is 4.64. The minimum Gasteiger partial charge on any atom is -0.444 e. The van der Waals surface area contributed by atoms with Crippen LogP contribution in [0, 0.1) is 10.1 Å². The first-order valence-corrected chi connectivity index (χ1v) is 7.05. The Labute approximate surface area is 128 Å². The van der Waals surface area contributed by atoms with Gasteiger partial charge >= 0.3 is 11.9 Å². The van der Waals surface area contributed by atoms with Crippen LogP contribution < -0.4 is 0 Å². The van der Waals surface area contributed by atoms with E-state index in [1.54, 1.807) is 17.0 Å². The molecule has 0 unspecified atom stereocenters. The van der Waals surface area contributed by atoms with E-state index in [4.69, 9.17) is 4.74 Å². The molecular formula is C15H19N3O4. The van der Waals surface area contributed by atoms with Crippen LogP contribution in [0.2, 0.25) is 0 Å². The topological polar surface area (TPSA) is 85.6 Å². The Morgan fingerprint density at radius 2 is 2.14 bits per heavy atom. The van der Waals surface area contributed by atoms with Crippen LogP contribution in [-0.4, -0.2) is 39.6 Å². The third-order valence-electron chi connectivity index (χ3n) is 3.05. The second-order valence-corrected chi connectivity index (χ2v) is 6.06. The zero-order chi connectivity index (χ0) is 16.3. The Kier molecular flexibility index (Phi) is 4.44. The number of rotatable bonds is 2. The fourth-order valence-electron chi connectivity index (χ4n) is 2.12. The van der Waals surface area contributed by atoms with Gasteiger partial charge in [0.2, 0.25) is 0 Å². The molecule has 0 radical (unpaired) electrons. The van der Waals surface area contributed by atoms with Crippen LogP contribution in [-0.2, 0) is 4.74 Å². The normalized spacial score (nSPS) is 15.2. The van der Waals surface area contributed by atoms with Crippen molar-refractivity contribution in [3.05, 3.63) is 40.1 Å². The van der Waals surface area contributed by atoms with E-state index in [1.165, 1.54) is 6.07 Å². The Balaban J connectivity index is 2.14. The van der Waals surface area contributed by atoms with E-state index in [0.29, 0.717) is 25.2 Å². The molecule has 0 bridgehead atoms. The summed E-state index contributed by atoms with van der Waals surface area (Å²) in [6.07, 6.45) is 2.23. The maximum atomic E-state index is 12.1. The number of nitro groups is 1. The summed E-state index contributed by atoms with van der Waals surface area (Å²) in [7, 11) is 0. The van der Waals surface area contributed by atoms with Crippen molar-refractivity contribution < 1.29 is 14.5 Å². The molecule has 2 heterocycles. The quantitative estimate of drug-likeness (QED) is 0.619. The molecule has 7 heteroatoms. The van der Waals surface area contributed by atoms with Gasteiger partial charge in [0.25, 0.3) is 0 Å². The predicted molar refractivity (Wildman–Crippen MR) is 81.3 cm³/mol. The van der Waals surface area contributed by atoms with Crippen molar-refractivity contribution in [1.29, 1.82) is 0 Å². The molecule has 0 aliphatic carbocycles. The van der Waals surface area contributed by atoms with E-state index in [-0.39, 0.29) is 11.9 Å². The third-order valence-corrected chi connectivity index (χ3v) is 3.05. The van der Waals surface area contributed by atoms with Crippen molar-refractivity contribution in [3.63, 3.8) is 0 Å². The summed E-state index contributed by atoms with van der Waals surface area (Å²) in [6.45, 7) is 6.34. The van der Waals surface area contributed by atoms with Crippen LogP contribution in [0.15, 0.2) is 24.3 Å². The zero-order valence-electron chi connectivity index (χ0n) is 12.9.